The summed E-state index contributed by atoms with van der Waals surface area (Å²) in [6.07, 6.45) is 0. The van der Waals surface area contributed by atoms with Crippen LogP contribution in [0.15, 0.2) is 54.6 Å². The minimum Gasteiger partial charge on any atom is -0.494 e. The van der Waals surface area contributed by atoms with Crippen molar-refractivity contribution in [2.75, 3.05) is 11.9 Å². The van der Waals surface area contributed by atoms with Crippen LogP contribution >= 0.6 is 0 Å². The quantitative estimate of drug-likeness (QED) is 0.567. The summed E-state index contributed by atoms with van der Waals surface area (Å²) < 4.78 is 5.48. The van der Waals surface area contributed by atoms with Crippen molar-refractivity contribution in [3.8, 4) is 17.0 Å². The Labute approximate surface area is 154 Å². The maximum absolute atomic E-state index is 12.8. The zero-order valence-corrected chi connectivity index (χ0v) is 14.5. The molecule has 0 aliphatic heterocycles. The zero-order valence-electron chi connectivity index (χ0n) is 14.5. The van der Waals surface area contributed by atoms with Crippen LogP contribution in [0.2, 0.25) is 0 Å². The second kappa shape index (κ2) is 7.20. The van der Waals surface area contributed by atoms with Gasteiger partial charge in [0.1, 0.15) is 5.75 Å². The van der Waals surface area contributed by atoms with Crippen molar-refractivity contribution < 1.29 is 9.53 Å². The van der Waals surface area contributed by atoms with Crippen LogP contribution in [0, 0.1) is 0 Å². The second-order valence-corrected chi connectivity index (χ2v) is 5.72. The highest BCUT2D eigenvalue weighted by atomic mass is 16.5. The van der Waals surface area contributed by atoms with Crippen LogP contribution in [0.3, 0.4) is 0 Å². The van der Waals surface area contributed by atoms with Gasteiger partial charge in [0, 0.05) is 10.9 Å². The van der Waals surface area contributed by atoms with E-state index in [0.29, 0.717) is 17.9 Å². The fourth-order valence-corrected chi connectivity index (χ4v) is 2.78. The Kier molecular flexibility index (Phi) is 4.44. The van der Waals surface area contributed by atoms with E-state index in [2.05, 4.69) is 25.9 Å². The molecule has 0 radical (unpaired) electrons. The molecule has 27 heavy (non-hydrogen) atoms. The molecule has 134 valence electrons. The van der Waals surface area contributed by atoms with Gasteiger partial charge in [-0.1, -0.05) is 23.3 Å². The molecule has 0 aliphatic carbocycles. The average Bonchev–Trinajstić information content (AvgIpc) is 3.21. The van der Waals surface area contributed by atoms with Crippen molar-refractivity contribution in [3.63, 3.8) is 0 Å². The Bertz CT molecular complexity index is 1080. The molecule has 8 heteroatoms. The number of fused-ring (bicyclic) bond motifs is 1. The fourth-order valence-electron chi connectivity index (χ4n) is 2.78. The standard InChI is InChI=1S/C19H16N6O2/c1-2-27-13-9-7-12(8-10-13)17-11-15(14-5-3-4-6-16(14)20-17)18(26)21-19-22-24-25-23-19/h3-11H,2H2,1H3,(H2,21,22,23,24,25,26). The van der Waals surface area contributed by atoms with Gasteiger partial charge in [-0.15, -0.1) is 5.10 Å². The largest absolute Gasteiger partial charge is 0.494 e. The first-order valence-electron chi connectivity index (χ1n) is 8.42. The number of aromatic amines is 1. The summed E-state index contributed by atoms with van der Waals surface area (Å²) in [6.45, 7) is 2.54. The van der Waals surface area contributed by atoms with Crippen molar-refractivity contribution >= 4 is 22.8 Å². The number of carbonyl (C=O) groups excluding carboxylic acids is 1. The SMILES string of the molecule is CCOc1ccc(-c2cc(C(=O)Nc3nn[nH]n3)c3ccccc3n2)cc1. The van der Waals surface area contributed by atoms with E-state index in [4.69, 9.17) is 9.72 Å². The minimum absolute atomic E-state index is 0.114. The van der Waals surface area contributed by atoms with Gasteiger partial charge < -0.3 is 4.74 Å². The van der Waals surface area contributed by atoms with E-state index in [0.717, 1.165) is 22.2 Å². The fraction of sp³-hybridized carbons (Fsp3) is 0.105. The third-order valence-corrected chi connectivity index (χ3v) is 3.99. The Morgan fingerprint density at radius 2 is 1.96 bits per heavy atom. The van der Waals surface area contributed by atoms with Crippen LogP contribution in [0.4, 0.5) is 5.95 Å². The Morgan fingerprint density at radius 3 is 2.70 bits per heavy atom. The Morgan fingerprint density at radius 1 is 1.15 bits per heavy atom. The highest BCUT2D eigenvalue weighted by molar-refractivity contribution is 6.12. The van der Waals surface area contributed by atoms with Gasteiger partial charge in [0.15, 0.2) is 0 Å². The number of nitrogens with one attached hydrogen (secondary N) is 2. The average molecular weight is 360 g/mol. The monoisotopic (exact) mass is 360 g/mol. The molecular formula is C19H16N6O2. The molecule has 0 aliphatic rings. The smallest absolute Gasteiger partial charge is 0.270 e. The van der Waals surface area contributed by atoms with Crippen molar-refractivity contribution in [1.29, 1.82) is 0 Å². The highest BCUT2D eigenvalue weighted by Gasteiger charge is 2.15. The van der Waals surface area contributed by atoms with E-state index in [1.165, 1.54) is 0 Å². The van der Waals surface area contributed by atoms with Crippen molar-refractivity contribution in [3.05, 3.63) is 60.2 Å². The third kappa shape index (κ3) is 3.45. The molecule has 0 saturated carbocycles. The maximum atomic E-state index is 12.8. The molecule has 0 bridgehead atoms. The lowest BCUT2D eigenvalue weighted by Gasteiger charge is -2.10. The van der Waals surface area contributed by atoms with Crippen molar-refractivity contribution in [2.45, 2.75) is 6.92 Å². The maximum Gasteiger partial charge on any atom is 0.270 e. The first kappa shape index (κ1) is 16.6. The number of para-hydroxylation sites is 1. The molecule has 2 aromatic carbocycles. The summed E-state index contributed by atoms with van der Waals surface area (Å²) >= 11 is 0. The van der Waals surface area contributed by atoms with Crippen LogP contribution in [-0.4, -0.2) is 38.1 Å². The topological polar surface area (TPSA) is 106 Å². The van der Waals surface area contributed by atoms with E-state index in [-0.39, 0.29) is 11.9 Å². The number of nitrogens with zero attached hydrogens (tertiary/aromatic N) is 4. The zero-order chi connectivity index (χ0) is 18.6. The number of benzene rings is 2. The predicted molar refractivity (Wildman–Crippen MR) is 100 cm³/mol. The van der Waals surface area contributed by atoms with E-state index >= 15 is 0 Å². The summed E-state index contributed by atoms with van der Waals surface area (Å²) in [5.74, 6) is 0.572. The number of hydrogen-bond acceptors (Lipinski definition) is 6. The van der Waals surface area contributed by atoms with Gasteiger partial charge in [-0.25, -0.2) is 4.98 Å². The number of pyridine rings is 1. The molecule has 2 aromatic heterocycles. The molecule has 0 spiro atoms. The first-order chi connectivity index (χ1) is 13.2. The van der Waals surface area contributed by atoms with Gasteiger partial charge in [0.25, 0.3) is 11.9 Å². The first-order valence-corrected chi connectivity index (χ1v) is 8.42. The summed E-state index contributed by atoms with van der Waals surface area (Å²) in [5, 5.41) is 16.6. The molecule has 8 nitrogen and oxygen atoms in total. The third-order valence-electron chi connectivity index (χ3n) is 3.99. The van der Waals surface area contributed by atoms with Crippen LogP contribution in [-0.2, 0) is 0 Å². The van der Waals surface area contributed by atoms with E-state index in [9.17, 15) is 4.79 Å². The molecule has 2 heterocycles. The molecule has 0 atom stereocenters. The second-order valence-electron chi connectivity index (χ2n) is 5.72. The number of tetrazole rings is 1. The van der Waals surface area contributed by atoms with Gasteiger partial charge in [-0.05, 0) is 48.5 Å². The number of H-pyrrole nitrogens is 1. The van der Waals surface area contributed by atoms with Gasteiger partial charge in [0.2, 0.25) is 0 Å². The van der Waals surface area contributed by atoms with Crippen LogP contribution < -0.4 is 10.1 Å². The van der Waals surface area contributed by atoms with Gasteiger partial charge in [-0.2, -0.15) is 5.21 Å². The normalized spacial score (nSPS) is 10.7. The lowest BCUT2D eigenvalue weighted by Crippen LogP contribution is -2.14. The van der Waals surface area contributed by atoms with Crippen molar-refractivity contribution in [2.24, 2.45) is 0 Å². The summed E-state index contributed by atoms with van der Waals surface area (Å²) in [4.78, 5) is 17.5. The van der Waals surface area contributed by atoms with Crippen LogP contribution in [0.5, 0.6) is 5.75 Å². The molecule has 1 amide bonds. The number of aromatic nitrogens is 5. The van der Waals surface area contributed by atoms with Gasteiger partial charge in [0.05, 0.1) is 23.4 Å². The number of anilines is 1. The summed E-state index contributed by atoms with van der Waals surface area (Å²) in [6, 6.07) is 16.8. The number of carbonyl (C=O) groups is 1. The highest BCUT2D eigenvalue weighted by Crippen LogP contribution is 2.26. The van der Waals surface area contributed by atoms with Crippen LogP contribution in [0.25, 0.3) is 22.2 Å². The van der Waals surface area contributed by atoms with Gasteiger partial charge in [-0.3, -0.25) is 10.1 Å². The molecular weight excluding hydrogens is 344 g/mol. The molecule has 4 rings (SSSR count). The molecule has 0 unspecified atom stereocenters. The lowest BCUT2D eigenvalue weighted by atomic mass is 10.0. The number of ether oxygens (including phenoxy) is 1. The molecule has 4 aromatic rings. The minimum atomic E-state index is -0.331. The number of hydrogen-bond donors (Lipinski definition) is 2. The van der Waals surface area contributed by atoms with E-state index < -0.39 is 0 Å². The van der Waals surface area contributed by atoms with E-state index in [1.807, 2.05) is 55.5 Å². The number of rotatable bonds is 5. The Hall–Kier alpha value is -3.81. The summed E-state index contributed by atoms with van der Waals surface area (Å²) in [7, 11) is 0. The Balaban J connectivity index is 1.77. The van der Waals surface area contributed by atoms with Gasteiger partial charge >= 0.3 is 0 Å². The van der Waals surface area contributed by atoms with E-state index in [1.54, 1.807) is 6.07 Å². The molecule has 0 fully saturated rings. The molecule has 2 N–H and O–H groups in total. The van der Waals surface area contributed by atoms with Crippen molar-refractivity contribution in [1.82, 2.24) is 25.6 Å². The summed E-state index contributed by atoms with van der Waals surface area (Å²) in [5.41, 5.74) is 2.78. The number of amides is 1. The lowest BCUT2D eigenvalue weighted by molar-refractivity contribution is 0.102. The predicted octanol–water partition coefficient (Wildman–Crippen LogP) is 3.07. The van der Waals surface area contributed by atoms with Crippen LogP contribution in [0.1, 0.15) is 17.3 Å². The molecule has 0 saturated heterocycles.